The fourth-order valence-corrected chi connectivity index (χ4v) is 1.77. The summed E-state index contributed by atoms with van der Waals surface area (Å²) in [6, 6.07) is 13.4. The fraction of sp³-hybridized carbons (Fsp3) is 0. The van der Waals surface area contributed by atoms with E-state index >= 15 is 0 Å². The van der Waals surface area contributed by atoms with E-state index < -0.39 is 5.43 Å². The van der Waals surface area contributed by atoms with Crippen molar-refractivity contribution < 1.29 is 9.53 Å². The second-order valence-electron chi connectivity index (χ2n) is 3.19. The van der Waals surface area contributed by atoms with Crippen LogP contribution in [0.3, 0.4) is 0 Å². The maximum atomic E-state index is 10.5. The van der Waals surface area contributed by atoms with Gasteiger partial charge in [-0.15, -0.1) is 0 Å². The van der Waals surface area contributed by atoms with Crippen LogP contribution in [0.25, 0.3) is 10.8 Å². The SMILES string of the molecule is O=C(Cl)OC(=S)c1ccc2ccccc2c1. The van der Waals surface area contributed by atoms with E-state index in [0.29, 0.717) is 5.56 Å². The van der Waals surface area contributed by atoms with Gasteiger partial charge in [0.2, 0.25) is 5.05 Å². The van der Waals surface area contributed by atoms with E-state index in [4.69, 9.17) is 23.8 Å². The van der Waals surface area contributed by atoms with Gasteiger partial charge in [0, 0.05) is 17.2 Å². The Hall–Kier alpha value is -1.45. The maximum Gasteiger partial charge on any atom is 0.410 e. The predicted octanol–water partition coefficient (Wildman–Crippen LogP) is 3.89. The van der Waals surface area contributed by atoms with E-state index in [2.05, 4.69) is 4.74 Å². The summed E-state index contributed by atoms with van der Waals surface area (Å²) in [7, 11) is 0. The molecule has 2 rings (SSSR count). The minimum atomic E-state index is -0.918. The van der Waals surface area contributed by atoms with Crippen LogP contribution in [-0.4, -0.2) is 10.5 Å². The minimum Gasteiger partial charge on any atom is -0.402 e. The van der Waals surface area contributed by atoms with Crippen LogP contribution in [0.4, 0.5) is 4.79 Å². The van der Waals surface area contributed by atoms with Gasteiger partial charge in [-0.25, -0.2) is 4.79 Å². The summed E-state index contributed by atoms with van der Waals surface area (Å²) < 4.78 is 4.64. The number of fused-ring (bicyclic) bond motifs is 1. The average molecular weight is 251 g/mol. The molecule has 2 aromatic carbocycles. The van der Waals surface area contributed by atoms with Crippen molar-refractivity contribution in [2.45, 2.75) is 0 Å². The van der Waals surface area contributed by atoms with Crippen LogP contribution >= 0.6 is 23.8 Å². The van der Waals surface area contributed by atoms with Crippen molar-refractivity contribution in [1.82, 2.24) is 0 Å². The van der Waals surface area contributed by atoms with Crippen LogP contribution in [0.5, 0.6) is 0 Å². The Morgan fingerprint density at radius 1 is 1.12 bits per heavy atom. The van der Waals surface area contributed by atoms with Gasteiger partial charge in [0.1, 0.15) is 0 Å². The molecule has 0 unspecified atom stereocenters. The summed E-state index contributed by atoms with van der Waals surface area (Å²) in [6.45, 7) is 0. The molecule has 0 bridgehead atoms. The number of halogens is 1. The summed E-state index contributed by atoms with van der Waals surface area (Å²) in [5, 5.41) is 2.23. The van der Waals surface area contributed by atoms with Crippen LogP contribution in [0.15, 0.2) is 42.5 Å². The third kappa shape index (κ3) is 2.38. The second-order valence-corrected chi connectivity index (χ2v) is 3.87. The number of carbonyl (C=O) groups is 1. The minimum absolute atomic E-state index is 0.0887. The summed E-state index contributed by atoms with van der Waals surface area (Å²) >= 11 is 10.0. The first-order valence-corrected chi connectivity index (χ1v) is 5.36. The number of carbonyl (C=O) groups excluding carboxylic acids is 1. The van der Waals surface area contributed by atoms with Crippen molar-refractivity contribution in [2.75, 3.05) is 0 Å². The van der Waals surface area contributed by atoms with Gasteiger partial charge in [-0.05, 0) is 35.1 Å². The van der Waals surface area contributed by atoms with Crippen molar-refractivity contribution >= 4 is 45.1 Å². The smallest absolute Gasteiger partial charge is 0.402 e. The Morgan fingerprint density at radius 2 is 1.81 bits per heavy atom. The lowest BCUT2D eigenvalue weighted by molar-refractivity contribution is 0.224. The van der Waals surface area contributed by atoms with Gasteiger partial charge >= 0.3 is 5.43 Å². The van der Waals surface area contributed by atoms with Gasteiger partial charge < -0.3 is 4.74 Å². The third-order valence-corrected chi connectivity index (χ3v) is 2.55. The highest BCUT2D eigenvalue weighted by Gasteiger charge is 2.06. The molecule has 0 amide bonds. The zero-order valence-corrected chi connectivity index (χ0v) is 9.72. The van der Waals surface area contributed by atoms with Crippen molar-refractivity contribution in [3.05, 3.63) is 48.0 Å². The lowest BCUT2D eigenvalue weighted by Gasteiger charge is -2.04. The molecule has 16 heavy (non-hydrogen) atoms. The van der Waals surface area contributed by atoms with Crippen molar-refractivity contribution in [2.24, 2.45) is 0 Å². The fourth-order valence-electron chi connectivity index (χ4n) is 1.45. The van der Waals surface area contributed by atoms with Gasteiger partial charge in [-0.1, -0.05) is 30.3 Å². The number of rotatable bonds is 1. The van der Waals surface area contributed by atoms with Gasteiger partial charge in [-0.3, -0.25) is 0 Å². The monoisotopic (exact) mass is 250 g/mol. The quantitative estimate of drug-likeness (QED) is 0.567. The molecule has 0 atom stereocenters. The second kappa shape index (κ2) is 4.60. The highest BCUT2D eigenvalue weighted by atomic mass is 35.5. The normalized spacial score (nSPS) is 10.1. The van der Waals surface area contributed by atoms with E-state index in [1.807, 2.05) is 36.4 Å². The summed E-state index contributed by atoms with van der Waals surface area (Å²) in [4.78, 5) is 10.5. The maximum absolute atomic E-state index is 10.5. The van der Waals surface area contributed by atoms with Crippen LogP contribution in [0, 0.1) is 0 Å². The Kier molecular flexibility index (Phi) is 3.17. The highest BCUT2D eigenvalue weighted by Crippen LogP contribution is 2.16. The Labute approximate surface area is 103 Å². The molecule has 0 aliphatic heterocycles. The molecule has 4 heteroatoms. The molecule has 0 aliphatic rings. The Balaban J connectivity index is 2.39. The molecule has 0 N–H and O–H groups in total. The van der Waals surface area contributed by atoms with E-state index in [9.17, 15) is 4.79 Å². The summed E-state index contributed by atoms with van der Waals surface area (Å²) in [5.74, 6) is 0. The molecule has 0 fully saturated rings. The zero-order chi connectivity index (χ0) is 11.5. The lowest BCUT2D eigenvalue weighted by Crippen LogP contribution is -2.04. The van der Waals surface area contributed by atoms with E-state index in [-0.39, 0.29) is 5.05 Å². The van der Waals surface area contributed by atoms with E-state index in [1.165, 1.54) is 0 Å². The first-order valence-electron chi connectivity index (χ1n) is 4.57. The van der Waals surface area contributed by atoms with Gasteiger partial charge in [0.15, 0.2) is 0 Å². The van der Waals surface area contributed by atoms with Crippen LogP contribution < -0.4 is 0 Å². The van der Waals surface area contributed by atoms with Gasteiger partial charge in [0.25, 0.3) is 0 Å². The molecule has 0 saturated carbocycles. The highest BCUT2D eigenvalue weighted by molar-refractivity contribution is 7.80. The van der Waals surface area contributed by atoms with Crippen LogP contribution in [0.2, 0.25) is 0 Å². The predicted molar refractivity (Wildman–Crippen MR) is 68.0 cm³/mol. The number of benzene rings is 2. The molecule has 0 radical (unpaired) electrons. The van der Waals surface area contributed by atoms with Crippen molar-refractivity contribution in [3.63, 3.8) is 0 Å². The Bertz CT molecular complexity index is 566. The molecule has 2 nitrogen and oxygen atoms in total. The standard InChI is InChI=1S/C12H7ClO2S/c13-12(14)15-11(16)10-6-5-8-3-1-2-4-9(8)7-10/h1-7H. The molecule has 80 valence electrons. The Morgan fingerprint density at radius 3 is 2.50 bits per heavy atom. The van der Waals surface area contributed by atoms with E-state index in [0.717, 1.165) is 10.8 Å². The molecular weight excluding hydrogens is 244 g/mol. The molecule has 0 saturated heterocycles. The van der Waals surface area contributed by atoms with Gasteiger partial charge in [0.05, 0.1) is 0 Å². The van der Waals surface area contributed by atoms with Crippen LogP contribution in [-0.2, 0) is 4.74 Å². The first kappa shape index (κ1) is 11.0. The first-order chi connectivity index (χ1) is 7.66. The van der Waals surface area contributed by atoms with E-state index in [1.54, 1.807) is 6.07 Å². The topological polar surface area (TPSA) is 26.3 Å². The summed E-state index contributed by atoms with van der Waals surface area (Å²) in [5.41, 5.74) is -0.249. The largest absolute Gasteiger partial charge is 0.410 e. The molecule has 0 aliphatic carbocycles. The molecule has 0 aromatic heterocycles. The zero-order valence-electron chi connectivity index (χ0n) is 8.14. The number of hydrogen-bond donors (Lipinski definition) is 0. The van der Waals surface area contributed by atoms with Gasteiger partial charge in [-0.2, -0.15) is 0 Å². The summed E-state index contributed by atoms with van der Waals surface area (Å²) in [6.07, 6.45) is 0. The molecular formula is C12H7ClO2S. The lowest BCUT2D eigenvalue weighted by atomic mass is 10.1. The average Bonchev–Trinajstić information content (AvgIpc) is 2.27. The molecule has 0 spiro atoms. The number of ether oxygens (including phenoxy) is 1. The van der Waals surface area contributed by atoms with Crippen molar-refractivity contribution in [3.8, 4) is 0 Å². The van der Waals surface area contributed by atoms with Crippen LogP contribution in [0.1, 0.15) is 5.56 Å². The van der Waals surface area contributed by atoms with Crippen molar-refractivity contribution in [1.29, 1.82) is 0 Å². The third-order valence-electron chi connectivity index (χ3n) is 2.16. The molecule has 2 aromatic rings. The number of thiocarbonyl (C=S) groups is 1. The number of hydrogen-bond acceptors (Lipinski definition) is 3. The molecule has 0 heterocycles.